The Hall–Kier alpha value is -4.77. The van der Waals surface area contributed by atoms with E-state index < -0.39 is 23.4 Å². The van der Waals surface area contributed by atoms with Gasteiger partial charge in [-0.15, -0.1) is 0 Å². The summed E-state index contributed by atoms with van der Waals surface area (Å²) in [6, 6.07) is 31.1. The standard InChI is InChI=1S/C38H34N2O3/c1-2-3-5-12-25-19-21-28(22-20-25)34(41)32-33(35(42)27-14-6-4-7-15-27)40-24-23-26-13-8-9-16-29(26)36(40)38(32)30-17-10-11-18-31(30)39-37(38)43/h4,6-11,13-24,32-33,36H,2-3,5,12H2,1H3,(H,39,43)/t32-,33-,36+,38+/m0/s1. The average molecular weight is 567 g/mol. The minimum Gasteiger partial charge on any atom is -0.358 e. The molecule has 43 heavy (non-hydrogen) atoms. The number of Topliss-reactive ketones (excluding diaryl/α,β-unsaturated/α-hetero) is 2. The highest BCUT2D eigenvalue weighted by atomic mass is 16.2. The number of hydrogen-bond donors (Lipinski definition) is 1. The molecule has 0 aromatic heterocycles. The van der Waals surface area contributed by atoms with Crippen molar-refractivity contribution in [2.45, 2.75) is 50.1 Å². The Labute approximate surface area is 252 Å². The maximum atomic E-state index is 15.0. The highest BCUT2D eigenvalue weighted by Crippen LogP contribution is 2.62. The normalized spacial score (nSPS) is 23.0. The van der Waals surface area contributed by atoms with Crippen molar-refractivity contribution in [3.05, 3.63) is 143 Å². The molecule has 1 fully saturated rings. The zero-order chi connectivity index (χ0) is 29.6. The summed E-state index contributed by atoms with van der Waals surface area (Å²) in [5, 5.41) is 3.11. The van der Waals surface area contributed by atoms with Gasteiger partial charge in [-0.05, 0) is 47.2 Å². The fourth-order valence-corrected chi connectivity index (χ4v) is 7.54. The van der Waals surface area contributed by atoms with Crippen molar-refractivity contribution in [2.24, 2.45) is 5.92 Å². The first-order chi connectivity index (χ1) is 21.1. The van der Waals surface area contributed by atoms with E-state index in [1.165, 1.54) is 5.56 Å². The van der Waals surface area contributed by atoms with Gasteiger partial charge in [0.15, 0.2) is 11.6 Å². The number of aryl methyl sites for hydroxylation is 1. The number of fused-ring (bicyclic) bond motifs is 6. The van der Waals surface area contributed by atoms with Gasteiger partial charge in [-0.25, -0.2) is 0 Å². The maximum Gasteiger partial charge on any atom is 0.238 e. The van der Waals surface area contributed by atoms with Crippen molar-refractivity contribution in [1.29, 1.82) is 0 Å². The number of rotatable bonds is 8. The minimum absolute atomic E-state index is 0.168. The van der Waals surface area contributed by atoms with Crippen LogP contribution < -0.4 is 5.32 Å². The SMILES string of the molecule is CCCCCc1ccc(C(=O)[C@@H]2[C@@H](C(=O)c3ccccc3)N3C=Cc4ccccc4[C@@H]3[C@]23C(=O)Nc2ccccc23)cc1. The van der Waals surface area contributed by atoms with Gasteiger partial charge >= 0.3 is 0 Å². The molecule has 1 N–H and O–H groups in total. The molecule has 4 aromatic rings. The van der Waals surface area contributed by atoms with Crippen LogP contribution in [0, 0.1) is 5.92 Å². The summed E-state index contributed by atoms with van der Waals surface area (Å²) < 4.78 is 0. The van der Waals surface area contributed by atoms with Crippen LogP contribution in [-0.4, -0.2) is 28.4 Å². The third kappa shape index (κ3) is 4.17. The van der Waals surface area contributed by atoms with E-state index in [2.05, 4.69) is 12.2 Å². The molecule has 0 radical (unpaired) electrons. The number of ketones is 2. The summed E-state index contributed by atoms with van der Waals surface area (Å²) >= 11 is 0. The van der Waals surface area contributed by atoms with Gasteiger partial charge in [0.1, 0.15) is 11.5 Å². The molecule has 7 rings (SSSR count). The molecular weight excluding hydrogens is 532 g/mol. The van der Waals surface area contributed by atoms with Gasteiger partial charge in [-0.1, -0.05) is 117 Å². The monoisotopic (exact) mass is 566 g/mol. The quantitative estimate of drug-likeness (QED) is 0.178. The lowest BCUT2D eigenvalue weighted by Gasteiger charge is -2.38. The Morgan fingerprint density at radius 2 is 1.49 bits per heavy atom. The predicted octanol–water partition coefficient (Wildman–Crippen LogP) is 7.40. The van der Waals surface area contributed by atoms with Gasteiger partial charge in [0.25, 0.3) is 0 Å². The molecule has 3 heterocycles. The zero-order valence-electron chi connectivity index (χ0n) is 24.2. The van der Waals surface area contributed by atoms with Gasteiger partial charge < -0.3 is 10.2 Å². The van der Waals surface area contributed by atoms with Gasteiger partial charge in [-0.2, -0.15) is 0 Å². The molecule has 5 nitrogen and oxygen atoms in total. The van der Waals surface area contributed by atoms with E-state index in [1.807, 2.05) is 108 Å². The fourth-order valence-electron chi connectivity index (χ4n) is 7.54. The lowest BCUT2D eigenvalue weighted by molar-refractivity contribution is -0.122. The molecule has 0 aliphatic carbocycles. The molecule has 0 bridgehead atoms. The number of para-hydroxylation sites is 1. The molecule has 1 saturated heterocycles. The molecule has 1 amide bonds. The lowest BCUT2D eigenvalue weighted by Crippen LogP contribution is -2.49. The Morgan fingerprint density at radius 3 is 2.28 bits per heavy atom. The molecule has 3 aliphatic rings. The van der Waals surface area contributed by atoms with Crippen LogP contribution in [-0.2, 0) is 16.6 Å². The molecule has 4 aromatic carbocycles. The van der Waals surface area contributed by atoms with Crippen molar-refractivity contribution in [3.8, 4) is 0 Å². The first-order valence-corrected chi connectivity index (χ1v) is 15.2. The number of benzene rings is 4. The molecule has 5 heteroatoms. The lowest BCUT2D eigenvalue weighted by atomic mass is 9.62. The third-order valence-corrected chi connectivity index (χ3v) is 9.49. The van der Waals surface area contributed by atoms with Crippen LogP contribution in [0.5, 0.6) is 0 Å². The Balaban J connectivity index is 1.44. The largest absolute Gasteiger partial charge is 0.358 e. The zero-order valence-corrected chi connectivity index (χ0v) is 24.2. The van der Waals surface area contributed by atoms with Crippen LogP contribution >= 0.6 is 0 Å². The number of carbonyl (C=O) groups is 3. The van der Waals surface area contributed by atoms with Gasteiger partial charge in [0.2, 0.25) is 5.91 Å². The first kappa shape index (κ1) is 27.1. The first-order valence-electron chi connectivity index (χ1n) is 15.2. The number of unbranched alkanes of at least 4 members (excludes halogenated alkanes) is 2. The summed E-state index contributed by atoms with van der Waals surface area (Å²) in [6.07, 6.45) is 8.27. The molecule has 0 unspecified atom stereocenters. The number of anilines is 1. The van der Waals surface area contributed by atoms with E-state index in [0.717, 1.165) is 42.4 Å². The summed E-state index contributed by atoms with van der Waals surface area (Å²) in [6.45, 7) is 2.19. The molecule has 0 saturated carbocycles. The molecular formula is C38H34N2O3. The van der Waals surface area contributed by atoms with E-state index in [0.29, 0.717) is 16.8 Å². The van der Waals surface area contributed by atoms with Crippen LogP contribution in [0.4, 0.5) is 5.69 Å². The number of carbonyl (C=O) groups excluding carboxylic acids is 3. The maximum absolute atomic E-state index is 15.0. The van der Waals surface area contributed by atoms with Gasteiger partial charge in [0.05, 0.1) is 12.0 Å². The van der Waals surface area contributed by atoms with E-state index in [9.17, 15) is 14.4 Å². The number of hydrogen-bond acceptors (Lipinski definition) is 4. The highest BCUT2D eigenvalue weighted by molar-refractivity contribution is 6.16. The van der Waals surface area contributed by atoms with Crippen LogP contribution in [0.2, 0.25) is 0 Å². The highest BCUT2D eigenvalue weighted by Gasteiger charge is 2.70. The van der Waals surface area contributed by atoms with Gasteiger partial charge in [0, 0.05) is 23.0 Å². The van der Waals surface area contributed by atoms with Crippen LogP contribution in [0.15, 0.2) is 109 Å². The fraction of sp³-hybridized carbons (Fsp3) is 0.237. The van der Waals surface area contributed by atoms with Crippen molar-refractivity contribution < 1.29 is 14.4 Å². The molecule has 3 aliphatic heterocycles. The second kappa shape index (κ2) is 10.8. The van der Waals surface area contributed by atoms with Crippen molar-refractivity contribution in [2.75, 3.05) is 5.32 Å². The average Bonchev–Trinajstić information content (AvgIpc) is 3.53. The Kier molecular flexibility index (Phi) is 6.81. The second-order valence-corrected chi connectivity index (χ2v) is 11.8. The Bertz CT molecular complexity index is 1740. The Morgan fingerprint density at radius 1 is 0.791 bits per heavy atom. The van der Waals surface area contributed by atoms with Crippen molar-refractivity contribution >= 4 is 29.2 Å². The van der Waals surface area contributed by atoms with E-state index in [1.54, 1.807) is 12.1 Å². The summed E-state index contributed by atoms with van der Waals surface area (Å²) in [5.41, 5.74) is 4.27. The number of amides is 1. The summed E-state index contributed by atoms with van der Waals surface area (Å²) in [7, 11) is 0. The minimum atomic E-state index is -1.32. The number of nitrogens with zero attached hydrogens (tertiary/aromatic N) is 1. The molecule has 1 spiro atoms. The second-order valence-electron chi connectivity index (χ2n) is 11.8. The van der Waals surface area contributed by atoms with Gasteiger partial charge in [-0.3, -0.25) is 14.4 Å². The van der Waals surface area contributed by atoms with Crippen molar-refractivity contribution in [1.82, 2.24) is 4.90 Å². The van der Waals surface area contributed by atoms with Crippen LogP contribution in [0.25, 0.3) is 6.08 Å². The molecule has 214 valence electrons. The molecule has 4 atom stereocenters. The van der Waals surface area contributed by atoms with Crippen LogP contribution in [0.1, 0.15) is 75.2 Å². The van der Waals surface area contributed by atoms with E-state index in [4.69, 9.17) is 0 Å². The predicted molar refractivity (Wildman–Crippen MR) is 169 cm³/mol. The third-order valence-electron chi connectivity index (χ3n) is 9.49. The summed E-state index contributed by atoms with van der Waals surface area (Å²) in [4.78, 5) is 46.0. The van der Waals surface area contributed by atoms with E-state index >= 15 is 0 Å². The van der Waals surface area contributed by atoms with Crippen LogP contribution in [0.3, 0.4) is 0 Å². The van der Waals surface area contributed by atoms with Crippen molar-refractivity contribution in [3.63, 3.8) is 0 Å². The summed E-state index contributed by atoms with van der Waals surface area (Å²) in [5.74, 6) is -1.57. The smallest absolute Gasteiger partial charge is 0.238 e. The van der Waals surface area contributed by atoms with E-state index in [-0.39, 0.29) is 17.5 Å². The number of nitrogens with one attached hydrogen (secondary N) is 1. The topological polar surface area (TPSA) is 66.5 Å².